The van der Waals surface area contributed by atoms with Crippen LogP contribution in [0, 0.1) is 6.92 Å². The van der Waals surface area contributed by atoms with Crippen molar-refractivity contribution < 1.29 is 24.2 Å². The zero-order valence-electron chi connectivity index (χ0n) is 19.0. The summed E-state index contributed by atoms with van der Waals surface area (Å²) in [5, 5.41) is 8.93. The van der Waals surface area contributed by atoms with Crippen molar-refractivity contribution in [3.8, 4) is 16.9 Å². The van der Waals surface area contributed by atoms with Gasteiger partial charge in [0.05, 0.1) is 0 Å². The molecule has 174 valence electrons. The van der Waals surface area contributed by atoms with Gasteiger partial charge >= 0.3 is 5.97 Å². The van der Waals surface area contributed by atoms with Crippen LogP contribution in [0.3, 0.4) is 0 Å². The molecule has 0 aliphatic heterocycles. The van der Waals surface area contributed by atoms with Crippen molar-refractivity contribution in [1.29, 1.82) is 0 Å². The molecule has 3 aromatic rings. The van der Waals surface area contributed by atoms with Gasteiger partial charge in [-0.15, -0.1) is 0 Å². The maximum Gasteiger partial charge on any atom is 0.341 e. The summed E-state index contributed by atoms with van der Waals surface area (Å²) < 4.78 is 7.12. The van der Waals surface area contributed by atoms with Gasteiger partial charge in [-0.25, -0.2) is 4.79 Å². The molecule has 0 unspecified atom stereocenters. The molecular weight excluding hydrogens is 432 g/mol. The number of benzene rings is 2. The first-order valence-corrected chi connectivity index (χ1v) is 10.6. The number of ether oxygens (including phenoxy) is 1. The van der Waals surface area contributed by atoms with Crippen molar-refractivity contribution in [2.75, 3.05) is 6.61 Å². The second-order valence-corrected chi connectivity index (χ2v) is 7.72. The molecule has 0 saturated heterocycles. The number of carbonyl (C=O) groups is 3. The smallest absolute Gasteiger partial charge is 0.341 e. The molecule has 1 aromatic heterocycles. The minimum absolute atomic E-state index is 0.117. The molecule has 1 heterocycles. The fourth-order valence-electron chi connectivity index (χ4n) is 3.67. The third kappa shape index (κ3) is 5.89. The zero-order valence-corrected chi connectivity index (χ0v) is 19.0. The topological polar surface area (TPSA) is 112 Å². The van der Waals surface area contributed by atoms with E-state index in [4.69, 9.17) is 15.6 Å². The lowest BCUT2D eigenvalue weighted by Crippen LogP contribution is -2.24. The van der Waals surface area contributed by atoms with E-state index in [9.17, 15) is 14.4 Å². The second kappa shape index (κ2) is 11.0. The van der Waals surface area contributed by atoms with Crippen LogP contribution in [0.2, 0.25) is 0 Å². The summed E-state index contributed by atoms with van der Waals surface area (Å²) in [5.74, 6) is -2.82. The first-order chi connectivity index (χ1) is 16.3. The highest BCUT2D eigenvalue weighted by atomic mass is 16.5. The van der Waals surface area contributed by atoms with E-state index in [-0.39, 0.29) is 11.3 Å². The lowest BCUT2D eigenvalue weighted by atomic mass is 9.94. The van der Waals surface area contributed by atoms with E-state index < -0.39 is 24.3 Å². The number of nitrogens with two attached hydrogens (primary N) is 1. The molecule has 3 rings (SSSR count). The van der Waals surface area contributed by atoms with Crippen LogP contribution in [0.1, 0.15) is 27.2 Å². The SMILES string of the molecule is Cc1c(C(=O)C(N)=O)ccc(OCC(=O)O)ccn(C)c1Cc1ccccc1-c1ccccc1. The summed E-state index contributed by atoms with van der Waals surface area (Å²) in [6, 6.07) is 22.4. The number of ketones is 1. The fourth-order valence-corrected chi connectivity index (χ4v) is 3.67. The molecule has 0 aliphatic rings. The number of hydrogen-bond donors (Lipinski definition) is 2. The number of carboxylic acids is 1. The van der Waals surface area contributed by atoms with E-state index >= 15 is 0 Å². The molecule has 0 saturated carbocycles. The van der Waals surface area contributed by atoms with Crippen LogP contribution < -0.4 is 10.5 Å². The molecule has 7 heteroatoms. The van der Waals surface area contributed by atoms with Gasteiger partial charge in [0.15, 0.2) is 6.61 Å². The van der Waals surface area contributed by atoms with Crippen molar-refractivity contribution in [3.05, 3.63) is 101 Å². The molecule has 0 fully saturated rings. The molecule has 0 aliphatic carbocycles. The highest BCUT2D eigenvalue weighted by Gasteiger charge is 2.17. The van der Waals surface area contributed by atoms with Crippen molar-refractivity contribution in [2.45, 2.75) is 13.3 Å². The van der Waals surface area contributed by atoms with Crippen LogP contribution >= 0.6 is 0 Å². The van der Waals surface area contributed by atoms with Crippen LogP contribution in [0.5, 0.6) is 5.75 Å². The molecule has 1 amide bonds. The van der Waals surface area contributed by atoms with E-state index in [1.807, 2.05) is 66.2 Å². The predicted molar refractivity (Wildman–Crippen MR) is 129 cm³/mol. The van der Waals surface area contributed by atoms with Gasteiger partial charge in [-0.2, -0.15) is 0 Å². The van der Waals surface area contributed by atoms with Gasteiger partial charge in [-0.3, -0.25) is 9.59 Å². The first-order valence-electron chi connectivity index (χ1n) is 10.6. The average Bonchev–Trinajstić information content (AvgIpc) is 2.88. The number of nitrogens with zero attached hydrogens (tertiary/aromatic N) is 1. The van der Waals surface area contributed by atoms with E-state index in [0.29, 0.717) is 12.0 Å². The predicted octanol–water partition coefficient (Wildman–Crippen LogP) is 3.85. The first kappa shape index (κ1) is 24.3. The summed E-state index contributed by atoms with van der Waals surface area (Å²) in [6.45, 7) is 1.21. The number of aryl methyl sites for hydroxylation is 1. The Hall–Kier alpha value is -4.39. The lowest BCUT2D eigenvalue weighted by molar-refractivity contribution is -0.139. The van der Waals surface area contributed by atoms with Crippen molar-refractivity contribution in [1.82, 2.24) is 4.57 Å². The normalized spacial score (nSPS) is 10.3. The summed E-state index contributed by atoms with van der Waals surface area (Å²) in [6.07, 6.45) is 2.19. The molecular formula is C27H26N2O5. The third-order valence-electron chi connectivity index (χ3n) is 5.43. The van der Waals surface area contributed by atoms with Crippen LogP contribution in [0.4, 0.5) is 0 Å². The molecule has 0 radical (unpaired) electrons. The van der Waals surface area contributed by atoms with Gasteiger partial charge in [-0.05, 0) is 47.4 Å². The lowest BCUT2D eigenvalue weighted by Gasteiger charge is -2.15. The van der Waals surface area contributed by atoms with E-state index in [1.54, 1.807) is 19.2 Å². The second-order valence-electron chi connectivity index (χ2n) is 7.72. The number of rotatable bonds is 8. The minimum Gasteiger partial charge on any atom is -0.482 e. The third-order valence-corrected chi connectivity index (χ3v) is 5.43. The van der Waals surface area contributed by atoms with Crippen LogP contribution in [0.15, 0.2) is 79.0 Å². The summed E-state index contributed by atoms with van der Waals surface area (Å²) >= 11 is 0. The highest BCUT2D eigenvalue weighted by Crippen LogP contribution is 2.27. The molecule has 0 bridgehead atoms. The molecule has 34 heavy (non-hydrogen) atoms. The molecule has 0 atom stereocenters. The summed E-state index contributed by atoms with van der Waals surface area (Å²) in [5.41, 5.74) is 9.93. The monoisotopic (exact) mass is 458 g/mol. The molecule has 0 spiro atoms. The Balaban J connectivity index is 2.21. The Kier molecular flexibility index (Phi) is 7.82. The highest BCUT2D eigenvalue weighted by molar-refractivity contribution is 6.42. The fraction of sp³-hybridized carbons (Fsp3) is 0.148. The number of aliphatic carboxylic acids is 1. The quantitative estimate of drug-likeness (QED) is 0.393. The maximum atomic E-state index is 12.7. The van der Waals surface area contributed by atoms with E-state index in [0.717, 1.165) is 22.4 Å². The molecule has 7 nitrogen and oxygen atoms in total. The number of aromatic nitrogens is 1. The van der Waals surface area contributed by atoms with Crippen molar-refractivity contribution in [2.24, 2.45) is 12.8 Å². The number of hydrogen-bond acceptors (Lipinski definition) is 4. The number of Topliss-reactive ketones (excluding diaryl/α,β-unsaturated/α-hetero) is 1. The largest absolute Gasteiger partial charge is 0.482 e. The Morgan fingerprint density at radius 1 is 0.941 bits per heavy atom. The zero-order chi connectivity index (χ0) is 24.7. The Bertz CT molecular complexity index is 1280. The number of primary amides is 1. The van der Waals surface area contributed by atoms with Gasteiger partial charge in [0.2, 0.25) is 5.78 Å². The van der Waals surface area contributed by atoms with Gasteiger partial charge in [-0.1, -0.05) is 54.6 Å². The Morgan fingerprint density at radius 2 is 1.62 bits per heavy atom. The van der Waals surface area contributed by atoms with Gasteiger partial charge in [0, 0.05) is 30.9 Å². The standard InChI is InChI=1S/C27H26N2O5/c1-18-22(26(32)27(28)33)13-12-21(34-17-25(30)31)14-15-29(2)24(18)16-20-10-6-7-11-23(20)19-8-4-3-5-9-19/h3-15H,16-17H2,1-2H3,(H2,28,33)(H,30,31). The number of amides is 1. The van der Waals surface area contributed by atoms with Gasteiger partial charge in [0.1, 0.15) is 5.75 Å². The van der Waals surface area contributed by atoms with Crippen LogP contribution in [0.25, 0.3) is 11.1 Å². The van der Waals surface area contributed by atoms with Crippen molar-refractivity contribution in [3.63, 3.8) is 0 Å². The van der Waals surface area contributed by atoms with Crippen LogP contribution in [-0.4, -0.2) is 33.9 Å². The Morgan fingerprint density at radius 3 is 2.29 bits per heavy atom. The average molecular weight is 459 g/mol. The number of carbonyl (C=O) groups excluding carboxylic acids is 2. The Labute approximate surface area is 197 Å². The number of carboxylic acid groups (broad SMARTS) is 1. The van der Waals surface area contributed by atoms with E-state index in [1.165, 1.54) is 12.1 Å². The molecule has 3 N–H and O–H groups in total. The summed E-state index contributed by atoms with van der Waals surface area (Å²) in [7, 11) is 1.81. The molecule has 2 aromatic carbocycles. The van der Waals surface area contributed by atoms with Gasteiger partial charge in [0.25, 0.3) is 5.91 Å². The van der Waals surface area contributed by atoms with E-state index in [2.05, 4.69) is 0 Å². The van der Waals surface area contributed by atoms with Crippen LogP contribution in [-0.2, 0) is 23.1 Å². The minimum atomic E-state index is -1.13. The maximum absolute atomic E-state index is 12.7. The summed E-state index contributed by atoms with van der Waals surface area (Å²) in [4.78, 5) is 35.4. The van der Waals surface area contributed by atoms with Crippen molar-refractivity contribution >= 4 is 17.7 Å². The van der Waals surface area contributed by atoms with Gasteiger partial charge < -0.3 is 20.1 Å².